The number of likely N-dealkylation sites (tertiary alicyclic amines) is 1. The highest BCUT2D eigenvalue weighted by Gasteiger charge is 2.50. The SMILES string of the molecule is CC(C)N1C2=CC(=NC(=O)C(C)(C)CC(C)(C)C)/C(=C3/C(=O)C(c4cc5c(cc4NC(=O)C(C)(C)CC(C)(C)C)N(C(C)C)C(C)C5(C)C)=C3O)C=C2C(C)(C)C1C. The molecule has 2 heterocycles. The molecule has 2 unspecified atom stereocenters. The van der Waals surface area contributed by atoms with Crippen LogP contribution in [0.25, 0.3) is 5.57 Å². The zero-order valence-electron chi connectivity index (χ0n) is 39.5. The van der Waals surface area contributed by atoms with Crippen molar-refractivity contribution in [3.8, 4) is 0 Å². The summed E-state index contributed by atoms with van der Waals surface area (Å²) < 4.78 is 0. The van der Waals surface area contributed by atoms with Gasteiger partial charge in [0.15, 0.2) is 0 Å². The zero-order valence-corrected chi connectivity index (χ0v) is 39.5. The first-order valence-electron chi connectivity index (χ1n) is 21.5. The van der Waals surface area contributed by atoms with Gasteiger partial charge in [-0.3, -0.25) is 14.4 Å². The highest BCUT2D eigenvalue weighted by Crippen LogP contribution is 2.54. The van der Waals surface area contributed by atoms with Crippen LogP contribution in [0.4, 0.5) is 11.4 Å². The number of fused-ring (bicyclic) bond motifs is 2. The van der Waals surface area contributed by atoms with Gasteiger partial charge in [-0.2, -0.15) is 0 Å². The van der Waals surface area contributed by atoms with Crippen molar-refractivity contribution in [1.29, 1.82) is 0 Å². The van der Waals surface area contributed by atoms with Crippen LogP contribution in [0.1, 0.15) is 162 Å². The van der Waals surface area contributed by atoms with E-state index in [4.69, 9.17) is 4.99 Å². The van der Waals surface area contributed by atoms with E-state index < -0.39 is 10.8 Å². The topological polar surface area (TPSA) is 102 Å². The monoisotopic (exact) mass is 795 g/mol. The van der Waals surface area contributed by atoms with Gasteiger partial charge in [0.25, 0.3) is 5.91 Å². The number of benzene rings is 1. The van der Waals surface area contributed by atoms with Gasteiger partial charge >= 0.3 is 0 Å². The van der Waals surface area contributed by atoms with Gasteiger partial charge in [-0.05, 0) is 101 Å². The third-order valence-electron chi connectivity index (χ3n) is 13.3. The lowest BCUT2D eigenvalue weighted by molar-refractivity contribution is -0.127. The average molecular weight is 795 g/mol. The number of amides is 2. The molecule has 8 nitrogen and oxygen atoms in total. The Morgan fingerprint density at radius 2 is 1.29 bits per heavy atom. The van der Waals surface area contributed by atoms with Gasteiger partial charge in [0.1, 0.15) is 5.76 Å². The number of nitrogens with zero attached hydrogens (tertiary/aromatic N) is 3. The highest BCUT2D eigenvalue weighted by molar-refractivity contribution is 6.42. The molecule has 2 aliphatic heterocycles. The van der Waals surface area contributed by atoms with Crippen LogP contribution < -0.4 is 10.2 Å². The summed E-state index contributed by atoms with van der Waals surface area (Å²) in [5, 5.41) is 15.5. The average Bonchev–Trinajstić information content (AvgIpc) is 3.35. The molecule has 2 amide bonds. The summed E-state index contributed by atoms with van der Waals surface area (Å²) in [5.41, 5.74) is 3.98. The zero-order chi connectivity index (χ0) is 44.2. The van der Waals surface area contributed by atoms with Crippen LogP contribution in [0.15, 0.2) is 57.5 Å². The third-order valence-corrected chi connectivity index (χ3v) is 13.3. The van der Waals surface area contributed by atoms with Gasteiger partial charge in [0.05, 0.1) is 22.5 Å². The molecule has 58 heavy (non-hydrogen) atoms. The summed E-state index contributed by atoms with van der Waals surface area (Å²) in [7, 11) is 0. The van der Waals surface area contributed by atoms with Gasteiger partial charge < -0.3 is 20.2 Å². The molecular weight excluding hydrogens is 721 g/mol. The van der Waals surface area contributed by atoms with E-state index in [2.05, 4.69) is 126 Å². The Morgan fingerprint density at radius 1 is 0.776 bits per heavy atom. The molecule has 1 saturated heterocycles. The predicted molar refractivity (Wildman–Crippen MR) is 241 cm³/mol. The van der Waals surface area contributed by atoms with Crippen molar-refractivity contribution in [2.75, 3.05) is 10.2 Å². The molecule has 8 heteroatoms. The Hall–Kier alpha value is -3.94. The largest absolute Gasteiger partial charge is 0.506 e. The van der Waals surface area contributed by atoms with E-state index in [0.717, 1.165) is 22.5 Å². The Kier molecular flexibility index (Phi) is 11.2. The standard InChI is InChI=1S/C50H74N4O4/c1-27(2)53-29(5)49(17,18)33-21-31(35(23-37(33)53)51-43(57)47(13,14)25-45(7,8)9)39-41(55)40(42(39)56)32-22-34-38(54(28(3)4)30(6)50(34,19)20)24-36(32)52-44(58)48(15,16)26-46(10,11)12/h21-24,27-30,55H,25-26H2,1-20H3,(H,51,57)/b40-32+,52-36?. The van der Waals surface area contributed by atoms with Gasteiger partial charge in [-0.15, -0.1) is 0 Å². The van der Waals surface area contributed by atoms with E-state index in [1.807, 2.05) is 52.0 Å². The summed E-state index contributed by atoms with van der Waals surface area (Å²) in [6.07, 6.45) is 5.22. The number of Topliss-reactive ketones (excluding diaryl/α,β-unsaturated/α-hetero) is 1. The van der Waals surface area contributed by atoms with Crippen LogP contribution >= 0.6 is 0 Å². The number of hydrogen-bond acceptors (Lipinski definition) is 6. The summed E-state index contributed by atoms with van der Waals surface area (Å²) in [4.78, 5) is 52.8. The summed E-state index contributed by atoms with van der Waals surface area (Å²) in [5.74, 6) is -0.910. The van der Waals surface area contributed by atoms with Crippen molar-refractivity contribution in [1.82, 2.24) is 4.90 Å². The molecule has 1 aromatic rings. The first-order valence-corrected chi connectivity index (χ1v) is 21.5. The number of anilines is 2. The van der Waals surface area contributed by atoms with Crippen LogP contribution in [0.2, 0.25) is 0 Å². The summed E-state index contributed by atoms with van der Waals surface area (Å²) in [6.45, 7) is 42.4. The quantitative estimate of drug-likeness (QED) is 0.254. The molecule has 2 N–H and O–H groups in total. The van der Waals surface area contributed by atoms with E-state index in [-0.39, 0.29) is 80.3 Å². The van der Waals surface area contributed by atoms with Gasteiger partial charge in [0, 0.05) is 68.3 Å². The van der Waals surface area contributed by atoms with Crippen molar-refractivity contribution in [3.05, 3.63) is 63.6 Å². The smallest absolute Gasteiger partial charge is 0.251 e. The van der Waals surface area contributed by atoms with Crippen LogP contribution in [0, 0.1) is 27.1 Å². The Balaban J connectivity index is 1.78. The molecule has 1 aromatic carbocycles. The predicted octanol–water partition coefficient (Wildman–Crippen LogP) is 11.5. The van der Waals surface area contributed by atoms with Gasteiger partial charge in [-0.25, -0.2) is 4.99 Å². The Labute approximate surface area is 350 Å². The summed E-state index contributed by atoms with van der Waals surface area (Å²) >= 11 is 0. The highest BCUT2D eigenvalue weighted by atomic mass is 16.3. The van der Waals surface area contributed by atoms with Crippen LogP contribution in [0.5, 0.6) is 0 Å². The first kappa shape index (κ1) is 45.1. The lowest BCUT2D eigenvalue weighted by atomic mass is 9.73. The molecule has 0 aromatic heterocycles. The molecule has 2 atom stereocenters. The number of aliphatic imine (C=N–C) groups is 1. The normalized spacial score (nSPS) is 24.0. The number of ketones is 1. The van der Waals surface area contributed by atoms with Crippen molar-refractivity contribution in [2.24, 2.45) is 32.1 Å². The number of carbonyl (C=O) groups is 3. The number of carbonyl (C=O) groups excluding carboxylic acids is 3. The fourth-order valence-electron chi connectivity index (χ4n) is 10.5. The van der Waals surface area contributed by atoms with E-state index in [0.29, 0.717) is 35.4 Å². The van der Waals surface area contributed by atoms with Crippen LogP contribution in [-0.2, 0) is 19.8 Å². The number of aliphatic hydroxyl groups excluding tert-OH is 1. The fraction of sp³-hybridized carbons (Fsp3) is 0.640. The second-order valence-electron chi connectivity index (χ2n) is 23.1. The van der Waals surface area contributed by atoms with E-state index >= 15 is 0 Å². The Morgan fingerprint density at radius 3 is 1.79 bits per heavy atom. The minimum Gasteiger partial charge on any atom is -0.506 e. The van der Waals surface area contributed by atoms with Crippen LogP contribution in [0.3, 0.4) is 0 Å². The maximum absolute atomic E-state index is 14.9. The number of rotatable bonds is 8. The van der Waals surface area contributed by atoms with Crippen molar-refractivity contribution in [2.45, 2.75) is 181 Å². The third kappa shape index (κ3) is 7.78. The molecular formula is C50H74N4O4. The lowest BCUT2D eigenvalue weighted by Crippen LogP contribution is -2.42. The molecule has 1 fully saturated rings. The molecule has 2 aliphatic carbocycles. The second kappa shape index (κ2) is 14.4. The molecule has 5 rings (SSSR count). The molecule has 318 valence electrons. The number of hydrogen-bond donors (Lipinski definition) is 2. The Bertz CT molecular complexity index is 2080. The number of nitrogens with one attached hydrogen (secondary N) is 1. The maximum atomic E-state index is 14.9. The maximum Gasteiger partial charge on any atom is 0.251 e. The van der Waals surface area contributed by atoms with Gasteiger partial charge in [-0.1, -0.05) is 96.9 Å². The number of aliphatic hydroxyl groups is 1. The minimum absolute atomic E-state index is 0.0926. The second-order valence-corrected chi connectivity index (χ2v) is 23.1. The van der Waals surface area contributed by atoms with Crippen molar-refractivity contribution in [3.63, 3.8) is 0 Å². The van der Waals surface area contributed by atoms with Gasteiger partial charge in [0.2, 0.25) is 11.7 Å². The van der Waals surface area contributed by atoms with Crippen molar-refractivity contribution < 1.29 is 19.5 Å². The molecule has 0 saturated carbocycles. The van der Waals surface area contributed by atoms with E-state index in [1.54, 1.807) is 0 Å². The minimum atomic E-state index is -0.762. The van der Waals surface area contributed by atoms with Crippen LogP contribution in [-0.4, -0.2) is 57.5 Å². The van der Waals surface area contributed by atoms with E-state index in [1.165, 1.54) is 0 Å². The molecule has 4 aliphatic rings. The molecule has 0 radical (unpaired) electrons. The fourth-order valence-corrected chi connectivity index (χ4v) is 10.5. The first-order chi connectivity index (χ1) is 26.2. The lowest BCUT2D eigenvalue weighted by Gasteiger charge is -2.34. The molecule has 0 spiro atoms. The van der Waals surface area contributed by atoms with E-state index in [9.17, 15) is 19.5 Å². The summed E-state index contributed by atoms with van der Waals surface area (Å²) in [6, 6.07) is 4.67. The van der Waals surface area contributed by atoms with Crippen molar-refractivity contribution >= 4 is 40.3 Å². The number of allylic oxidation sites excluding steroid dienone is 6. The molecule has 0 bridgehead atoms.